The lowest BCUT2D eigenvalue weighted by Crippen LogP contribution is -2.20. The Labute approximate surface area is 120 Å². The molecule has 0 unspecified atom stereocenters. The molecule has 0 atom stereocenters. The Morgan fingerprint density at radius 2 is 1.84 bits per heavy atom. The van der Waals surface area contributed by atoms with Crippen molar-refractivity contribution in [1.82, 2.24) is 5.32 Å². The van der Waals surface area contributed by atoms with Gasteiger partial charge in [0.05, 0.1) is 4.47 Å². The summed E-state index contributed by atoms with van der Waals surface area (Å²) in [6.45, 7) is 1.89. The Morgan fingerprint density at radius 1 is 1.05 bits per heavy atom. The molecule has 100 valence electrons. The molecular weight excluding hydrogens is 309 g/mol. The van der Waals surface area contributed by atoms with E-state index in [2.05, 4.69) is 21.2 Å². The summed E-state index contributed by atoms with van der Waals surface area (Å²) in [6, 6.07) is 14.7. The van der Waals surface area contributed by atoms with Gasteiger partial charge in [-0.25, -0.2) is 4.39 Å². The van der Waals surface area contributed by atoms with Crippen molar-refractivity contribution >= 4 is 15.9 Å². The molecule has 0 aliphatic heterocycles. The molecule has 2 nitrogen and oxygen atoms in total. The van der Waals surface area contributed by atoms with E-state index in [4.69, 9.17) is 4.74 Å². The number of benzene rings is 2. The molecule has 0 saturated heterocycles. The van der Waals surface area contributed by atoms with Crippen LogP contribution in [0.4, 0.5) is 4.39 Å². The van der Waals surface area contributed by atoms with Gasteiger partial charge >= 0.3 is 0 Å². The van der Waals surface area contributed by atoms with Crippen LogP contribution in [0, 0.1) is 5.82 Å². The average molecular weight is 324 g/mol. The highest BCUT2D eigenvalue weighted by Gasteiger charge is 2.03. The standard InChI is InChI=1S/C15H15BrFNO/c16-15-12(5-4-8-14(15)17)11-18-9-10-19-13-6-2-1-3-7-13/h1-8,18H,9-11H2. The van der Waals surface area contributed by atoms with E-state index in [-0.39, 0.29) is 5.82 Å². The second kappa shape index (κ2) is 7.26. The van der Waals surface area contributed by atoms with Gasteiger partial charge in [0, 0.05) is 13.1 Å². The van der Waals surface area contributed by atoms with Gasteiger partial charge in [-0.3, -0.25) is 0 Å². The molecule has 0 saturated carbocycles. The molecular formula is C15H15BrFNO. The third-order valence-corrected chi connectivity index (χ3v) is 3.53. The van der Waals surface area contributed by atoms with Crippen LogP contribution in [-0.2, 0) is 6.54 Å². The van der Waals surface area contributed by atoms with Crippen molar-refractivity contribution in [3.05, 3.63) is 64.4 Å². The number of para-hydroxylation sites is 1. The molecule has 4 heteroatoms. The quantitative estimate of drug-likeness (QED) is 0.817. The monoisotopic (exact) mass is 323 g/mol. The highest BCUT2D eigenvalue weighted by Crippen LogP contribution is 2.19. The lowest BCUT2D eigenvalue weighted by Gasteiger charge is -2.09. The topological polar surface area (TPSA) is 21.3 Å². The van der Waals surface area contributed by atoms with Crippen molar-refractivity contribution in [1.29, 1.82) is 0 Å². The largest absolute Gasteiger partial charge is 0.492 e. The Bertz CT molecular complexity index is 519. The summed E-state index contributed by atoms with van der Waals surface area (Å²) < 4.78 is 19.3. The first-order chi connectivity index (χ1) is 9.27. The van der Waals surface area contributed by atoms with Crippen LogP contribution in [0.3, 0.4) is 0 Å². The second-order valence-corrected chi connectivity index (χ2v) is 4.84. The lowest BCUT2D eigenvalue weighted by atomic mass is 10.2. The van der Waals surface area contributed by atoms with Crippen LogP contribution in [0.2, 0.25) is 0 Å². The van der Waals surface area contributed by atoms with Crippen molar-refractivity contribution in [3.63, 3.8) is 0 Å². The van der Waals surface area contributed by atoms with E-state index in [1.54, 1.807) is 6.07 Å². The fourth-order valence-corrected chi connectivity index (χ4v) is 2.07. The van der Waals surface area contributed by atoms with Crippen molar-refractivity contribution in [2.45, 2.75) is 6.54 Å². The number of halogens is 2. The highest BCUT2D eigenvalue weighted by atomic mass is 79.9. The van der Waals surface area contributed by atoms with Crippen molar-refractivity contribution < 1.29 is 9.13 Å². The van der Waals surface area contributed by atoms with Gasteiger partial charge in [0.15, 0.2) is 0 Å². The minimum atomic E-state index is -0.236. The summed E-state index contributed by atoms with van der Waals surface area (Å²) in [7, 11) is 0. The molecule has 0 aromatic heterocycles. The number of nitrogens with one attached hydrogen (secondary N) is 1. The van der Waals surface area contributed by atoms with Crippen LogP contribution in [0.15, 0.2) is 53.0 Å². The molecule has 2 aromatic rings. The zero-order valence-electron chi connectivity index (χ0n) is 10.4. The molecule has 1 N–H and O–H groups in total. The SMILES string of the molecule is Fc1cccc(CNCCOc2ccccc2)c1Br. The summed E-state index contributed by atoms with van der Waals surface area (Å²) in [4.78, 5) is 0. The first-order valence-corrected chi connectivity index (χ1v) is 6.88. The summed E-state index contributed by atoms with van der Waals surface area (Å²) in [5.41, 5.74) is 0.903. The Hall–Kier alpha value is -1.39. The lowest BCUT2D eigenvalue weighted by molar-refractivity contribution is 0.313. The van der Waals surface area contributed by atoms with Gasteiger partial charge < -0.3 is 10.1 Å². The van der Waals surface area contributed by atoms with Crippen LogP contribution < -0.4 is 10.1 Å². The molecule has 0 aliphatic carbocycles. The van der Waals surface area contributed by atoms with Crippen LogP contribution in [0.25, 0.3) is 0 Å². The average Bonchev–Trinajstić information content (AvgIpc) is 2.44. The van der Waals surface area contributed by atoms with Crippen molar-refractivity contribution in [2.75, 3.05) is 13.2 Å². The zero-order valence-corrected chi connectivity index (χ0v) is 12.0. The summed E-state index contributed by atoms with van der Waals surface area (Å²) in [5, 5.41) is 3.22. The van der Waals surface area contributed by atoms with Crippen molar-refractivity contribution in [3.8, 4) is 5.75 Å². The first kappa shape index (κ1) is 14.0. The van der Waals surface area contributed by atoms with Gasteiger partial charge in [0.25, 0.3) is 0 Å². The molecule has 0 radical (unpaired) electrons. The predicted octanol–water partition coefficient (Wildman–Crippen LogP) is 3.76. The van der Waals surface area contributed by atoms with Gasteiger partial charge in [-0.2, -0.15) is 0 Å². The summed E-state index contributed by atoms with van der Waals surface area (Å²) >= 11 is 3.24. The zero-order chi connectivity index (χ0) is 13.5. The molecule has 0 aliphatic rings. The molecule has 0 heterocycles. The van der Waals surface area contributed by atoms with Gasteiger partial charge in [0.1, 0.15) is 18.2 Å². The molecule has 0 amide bonds. The maximum absolute atomic E-state index is 13.3. The van der Waals surface area contributed by atoms with E-state index in [1.807, 2.05) is 36.4 Å². The van der Waals surface area contributed by atoms with Gasteiger partial charge in [0.2, 0.25) is 0 Å². The van der Waals surface area contributed by atoms with E-state index < -0.39 is 0 Å². The molecule has 19 heavy (non-hydrogen) atoms. The Balaban J connectivity index is 1.71. The highest BCUT2D eigenvalue weighted by molar-refractivity contribution is 9.10. The molecule has 2 rings (SSSR count). The fraction of sp³-hybridized carbons (Fsp3) is 0.200. The molecule has 0 fully saturated rings. The first-order valence-electron chi connectivity index (χ1n) is 6.09. The third kappa shape index (κ3) is 4.33. The van der Waals surface area contributed by atoms with E-state index >= 15 is 0 Å². The minimum absolute atomic E-state index is 0.236. The van der Waals surface area contributed by atoms with Gasteiger partial charge in [-0.05, 0) is 39.7 Å². The maximum Gasteiger partial charge on any atom is 0.137 e. The number of hydrogen-bond acceptors (Lipinski definition) is 2. The fourth-order valence-electron chi connectivity index (χ4n) is 1.67. The number of rotatable bonds is 6. The number of ether oxygens (including phenoxy) is 1. The van der Waals surface area contributed by atoms with Crippen LogP contribution in [0.1, 0.15) is 5.56 Å². The Kier molecular flexibility index (Phi) is 5.36. The van der Waals surface area contributed by atoms with E-state index in [0.29, 0.717) is 24.2 Å². The van der Waals surface area contributed by atoms with E-state index in [0.717, 1.165) is 11.3 Å². The summed E-state index contributed by atoms with van der Waals surface area (Å²) in [5.74, 6) is 0.621. The summed E-state index contributed by atoms with van der Waals surface area (Å²) in [6.07, 6.45) is 0. The van der Waals surface area contributed by atoms with Crippen molar-refractivity contribution in [2.24, 2.45) is 0 Å². The van der Waals surface area contributed by atoms with Crippen LogP contribution in [0.5, 0.6) is 5.75 Å². The normalized spacial score (nSPS) is 10.4. The van der Waals surface area contributed by atoms with Crippen LogP contribution in [-0.4, -0.2) is 13.2 Å². The molecule has 0 bridgehead atoms. The molecule has 2 aromatic carbocycles. The minimum Gasteiger partial charge on any atom is -0.492 e. The third-order valence-electron chi connectivity index (χ3n) is 2.64. The van der Waals surface area contributed by atoms with E-state index in [9.17, 15) is 4.39 Å². The van der Waals surface area contributed by atoms with Gasteiger partial charge in [-0.1, -0.05) is 30.3 Å². The van der Waals surface area contributed by atoms with E-state index in [1.165, 1.54) is 6.07 Å². The maximum atomic E-state index is 13.3. The van der Waals surface area contributed by atoms with Crippen LogP contribution >= 0.6 is 15.9 Å². The molecule has 0 spiro atoms. The second-order valence-electron chi connectivity index (χ2n) is 4.05. The van der Waals surface area contributed by atoms with Gasteiger partial charge in [-0.15, -0.1) is 0 Å². The Morgan fingerprint density at radius 3 is 2.63 bits per heavy atom. The smallest absolute Gasteiger partial charge is 0.137 e. The number of hydrogen-bond donors (Lipinski definition) is 1. The predicted molar refractivity (Wildman–Crippen MR) is 77.7 cm³/mol.